The molecule has 0 aromatic rings. The van der Waals surface area contributed by atoms with Crippen LogP contribution in [-0.2, 0) is 4.74 Å². The van der Waals surface area contributed by atoms with Crippen molar-refractivity contribution in [2.75, 3.05) is 13.2 Å². The van der Waals surface area contributed by atoms with E-state index in [1.165, 1.54) is 0 Å². The lowest BCUT2D eigenvalue weighted by atomic mass is 10.0. The average molecular weight is 203 g/mol. The lowest BCUT2D eigenvalue weighted by Gasteiger charge is -2.25. The molecule has 0 aromatic carbocycles. The van der Waals surface area contributed by atoms with Gasteiger partial charge in [0.05, 0.1) is 18.3 Å². The first-order chi connectivity index (χ1) is 6.33. The summed E-state index contributed by atoms with van der Waals surface area (Å²) >= 11 is 0. The maximum Gasteiger partial charge on any atom is 0.0864 e. The van der Waals surface area contributed by atoms with E-state index in [0.29, 0.717) is 12.6 Å². The van der Waals surface area contributed by atoms with Crippen molar-refractivity contribution in [3.8, 4) is 0 Å². The first-order valence-corrected chi connectivity index (χ1v) is 5.41. The van der Waals surface area contributed by atoms with Crippen LogP contribution in [0, 0.1) is 0 Å². The maximum absolute atomic E-state index is 9.91. The zero-order valence-corrected chi connectivity index (χ0v) is 10.1. The van der Waals surface area contributed by atoms with Gasteiger partial charge in [0.2, 0.25) is 0 Å². The fourth-order valence-electron chi connectivity index (χ4n) is 1.05. The van der Waals surface area contributed by atoms with Crippen molar-refractivity contribution in [3.05, 3.63) is 0 Å². The SMILES string of the molecule is CC(C)NCCC(C)(O)COC(C)C. The Bertz CT molecular complexity index is 144. The highest BCUT2D eigenvalue weighted by atomic mass is 16.5. The van der Waals surface area contributed by atoms with Crippen molar-refractivity contribution >= 4 is 0 Å². The molecule has 0 aliphatic carbocycles. The minimum absolute atomic E-state index is 0.180. The van der Waals surface area contributed by atoms with Crippen molar-refractivity contribution in [1.29, 1.82) is 0 Å². The fourth-order valence-corrected chi connectivity index (χ4v) is 1.05. The smallest absolute Gasteiger partial charge is 0.0864 e. The van der Waals surface area contributed by atoms with Crippen molar-refractivity contribution in [2.24, 2.45) is 0 Å². The highest BCUT2D eigenvalue weighted by Gasteiger charge is 2.20. The van der Waals surface area contributed by atoms with Crippen LogP contribution in [0.3, 0.4) is 0 Å². The van der Waals surface area contributed by atoms with Crippen molar-refractivity contribution < 1.29 is 9.84 Å². The van der Waals surface area contributed by atoms with E-state index in [1.807, 2.05) is 20.8 Å². The molecule has 2 N–H and O–H groups in total. The second-order valence-electron chi connectivity index (χ2n) is 4.72. The zero-order chi connectivity index (χ0) is 11.2. The van der Waals surface area contributed by atoms with E-state index in [9.17, 15) is 5.11 Å². The van der Waals surface area contributed by atoms with E-state index in [1.54, 1.807) is 0 Å². The lowest BCUT2D eigenvalue weighted by Crippen LogP contribution is -2.37. The van der Waals surface area contributed by atoms with Crippen LogP contribution in [0.25, 0.3) is 0 Å². The van der Waals surface area contributed by atoms with E-state index >= 15 is 0 Å². The predicted octanol–water partition coefficient (Wildman–Crippen LogP) is 1.55. The molecule has 0 amide bonds. The number of ether oxygens (including phenoxy) is 1. The Morgan fingerprint density at radius 3 is 2.29 bits per heavy atom. The topological polar surface area (TPSA) is 41.5 Å². The van der Waals surface area contributed by atoms with Gasteiger partial charge < -0.3 is 15.2 Å². The molecule has 14 heavy (non-hydrogen) atoms. The molecular formula is C11H25NO2. The molecule has 0 aliphatic rings. The van der Waals surface area contributed by atoms with E-state index < -0.39 is 5.60 Å². The lowest BCUT2D eigenvalue weighted by molar-refractivity contribution is -0.0575. The van der Waals surface area contributed by atoms with Gasteiger partial charge in [-0.2, -0.15) is 0 Å². The Kier molecular flexibility index (Phi) is 6.33. The summed E-state index contributed by atoms with van der Waals surface area (Å²) in [7, 11) is 0. The molecule has 1 atom stereocenters. The molecule has 0 heterocycles. The molecule has 0 aromatic heterocycles. The van der Waals surface area contributed by atoms with Gasteiger partial charge in [0, 0.05) is 6.04 Å². The van der Waals surface area contributed by atoms with Gasteiger partial charge in [0.15, 0.2) is 0 Å². The molecular weight excluding hydrogens is 178 g/mol. The van der Waals surface area contributed by atoms with Gasteiger partial charge >= 0.3 is 0 Å². The molecule has 0 saturated carbocycles. The molecule has 0 aliphatic heterocycles. The number of hydrogen-bond donors (Lipinski definition) is 2. The molecule has 0 saturated heterocycles. The Morgan fingerprint density at radius 2 is 1.86 bits per heavy atom. The van der Waals surface area contributed by atoms with Crippen molar-refractivity contribution in [3.63, 3.8) is 0 Å². The van der Waals surface area contributed by atoms with Gasteiger partial charge in [-0.1, -0.05) is 13.8 Å². The van der Waals surface area contributed by atoms with Gasteiger partial charge in [-0.3, -0.25) is 0 Å². The summed E-state index contributed by atoms with van der Waals surface area (Å²) in [5.41, 5.74) is -0.716. The van der Waals surface area contributed by atoms with Crippen molar-refractivity contribution in [1.82, 2.24) is 5.32 Å². The largest absolute Gasteiger partial charge is 0.388 e. The minimum atomic E-state index is -0.716. The molecule has 3 heteroatoms. The molecule has 0 rings (SSSR count). The Morgan fingerprint density at radius 1 is 1.29 bits per heavy atom. The Hall–Kier alpha value is -0.120. The third kappa shape index (κ3) is 8.48. The number of hydrogen-bond acceptors (Lipinski definition) is 3. The Labute approximate surface area is 87.8 Å². The number of aliphatic hydroxyl groups is 1. The van der Waals surface area contributed by atoms with Crippen LogP contribution >= 0.6 is 0 Å². The first kappa shape index (κ1) is 13.9. The van der Waals surface area contributed by atoms with Crippen LogP contribution in [0.4, 0.5) is 0 Å². The molecule has 86 valence electrons. The molecule has 0 bridgehead atoms. The van der Waals surface area contributed by atoms with E-state index in [-0.39, 0.29) is 6.10 Å². The van der Waals surface area contributed by atoms with Gasteiger partial charge in [-0.25, -0.2) is 0 Å². The van der Waals surface area contributed by atoms with Crippen LogP contribution in [-0.4, -0.2) is 36.0 Å². The summed E-state index contributed by atoms with van der Waals surface area (Å²) in [4.78, 5) is 0. The molecule has 0 spiro atoms. The van der Waals surface area contributed by atoms with Gasteiger partial charge in [0.25, 0.3) is 0 Å². The summed E-state index contributed by atoms with van der Waals surface area (Å²) in [5.74, 6) is 0. The van der Waals surface area contributed by atoms with Gasteiger partial charge in [-0.15, -0.1) is 0 Å². The van der Waals surface area contributed by atoms with E-state index in [4.69, 9.17) is 4.74 Å². The van der Waals surface area contributed by atoms with Crippen LogP contribution in [0.2, 0.25) is 0 Å². The third-order valence-electron chi connectivity index (χ3n) is 1.94. The minimum Gasteiger partial charge on any atom is -0.388 e. The normalized spacial score (nSPS) is 16.3. The average Bonchev–Trinajstić information content (AvgIpc) is 2.00. The summed E-state index contributed by atoms with van der Waals surface area (Å²) in [6, 6.07) is 0.469. The quantitative estimate of drug-likeness (QED) is 0.659. The second kappa shape index (κ2) is 6.38. The van der Waals surface area contributed by atoms with Crippen LogP contribution in [0.15, 0.2) is 0 Å². The molecule has 0 fully saturated rings. The summed E-state index contributed by atoms with van der Waals surface area (Å²) < 4.78 is 5.39. The molecule has 1 unspecified atom stereocenters. The fraction of sp³-hybridized carbons (Fsp3) is 1.00. The summed E-state index contributed by atoms with van der Waals surface area (Å²) in [6.07, 6.45) is 0.900. The van der Waals surface area contributed by atoms with E-state index in [0.717, 1.165) is 13.0 Å². The highest BCUT2D eigenvalue weighted by Crippen LogP contribution is 2.10. The summed E-state index contributed by atoms with van der Waals surface area (Å²) in [5, 5.41) is 13.2. The summed E-state index contributed by atoms with van der Waals surface area (Å²) in [6.45, 7) is 11.2. The predicted molar refractivity (Wildman–Crippen MR) is 59.5 cm³/mol. The van der Waals surface area contributed by atoms with Crippen molar-refractivity contribution in [2.45, 2.75) is 58.8 Å². The third-order valence-corrected chi connectivity index (χ3v) is 1.94. The second-order valence-corrected chi connectivity index (χ2v) is 4.72. The van der Waals surface area contributed by atoms with Crippen LogP contribution in [0.1, 0.15) is 41.0 Å². The number of nitrogens with one attached hydrogen (secondary N) is 1. The van der Waals surface area contributed by atoms with Crippen LogP contribution in [0.5, 0.6) is 0 Å². The number of rotatable bonds is 7. The maximum atomic E-state index is 9.91. The monoisotopic (exact) mass is 203 g/mol. The van der Waals surface area contributed by atoms with Crippen LogP contribution < -0.4 is 5.32 Å². The zero-order valence-electron chi connectivity index (χ0n) is 10.1. The Balaban J connectivity index is 3.61. The van der Waals surface area contributed by atoms with Gasteiger partial charge in [-0.05, 0) is 33.7 Å². The van der Waals surface area contributed by atoms with E-state index in [2.05, 4.69) is 19.2 Å². The highest BCUT2D eigenvalue weighted by molar-refractivity contribution is 4.73. The first-order valence-electron chi connectivity index (χ1n) is 5.41. The molecule has 0 radical (unpaired) electrons. The van der Waals surface area contributed by atoms with Gasteiger partial charge in [0.1, 0.15) is 0 Å². The standard InChI is InChI=1S/C11H25NO2/c1-9(2)12-7-6-11(5,13)8-14-10(3)4/h9-10,12-13H,6-8H2,1-5H3. The molecule has 3 nitrogen and oxygen atoms in total.